The number of fused-ring (bicyclic) bond motifs is 1. The summed E-state index contributed by atoms with van der Waals surface area (Å²) in [5.74, 6) is -0.709. The molecule has 1 aliphatic rings. The average molecular weight is 359 g/mol. The van der Waals surface area contributed by atoms with Gasteiger partial charge in [-0.15, -0.1) is 0 Å². The van der Waals surface area contributed by atoms with Crippen molar-refractivity contribution in [2.24, 2.45) is 0 Å². The van der Waals surface area contributed by atoms with E-state index in [1.807, 2.05) is 0 Å². The molecule has 0 fully saturated rings. The van der Waals surface area contributed by atoms with Crippen molar-refractivity contribution in [3.63, 3.8) is 0 Å². The number of nitrogens with zero attached hydrogens (tertiary/aromatic N) is 1. The molecule has 0 saturated carbocycles. The summed E-state index contributed by atoms with van der Waals surface area (Å²) in [5, 5.41) is 2.94. The molecule has 6 nitrogen and oxygen atoms in total. The molecule has 3 amide bonds. The Kier molecular flexibility index (Phi) is 4.72. The van der Waals surface area contributed by atoms with Crippen molar-refractivity contribution in [1.29, 1.82) is 0 Å². The van der Waals surface area contributed by atoms with Crippen LogP contribution in [-0.2, 0) is 4.79 Å². The molecule has 0 unspecified atom stereocenters. The number of ether oxygens (including phenoxy) is 1. The number of anilines is 1. The first-order valence-electron chi connectivity index (χ1n) is 7.60. The van der Waals surface area contributed by atoms with Crippen molar-refractivity contribution < 1.29 is 19.1 Å². The van der Waals surface area contributed by atoms with Gasteiger partial charge in [-0.05, 0) is 24.3 Å². The Hall–Kier alpha value is -2.86. The molecule has 1 aliphatic heterocycles. The lowest BCUT2D eigenvalue weighted by Crippen LogP contribution is -2.33. The Morgan fingerprint density at radius 2 is 1.88 bits per heavy atom. The summed E-state index contributed by atoms with van der Waals surface area (Å²) >= 11 is 6.01. The summed E-state index contributed by atoms with van der Waals surface area (Å²) < 4.78 is 5.17. The molecule has 3 rings (SSSR count). The van der Waals surface area contributed by atoms with Crippen LogP contribution in [0.2, 0.25) is 5.02 Å². The van der Waals surface area contributed by atoms with Crippen LogP contribution in [0.1, 0.15) is 27.1 Å². The molecule has 0 atom stereocenters. The largest absolute Gasteiger partial charge is 0.495 e. The highest BCUT2D eigenvalue weighted by atomic mass is 35.5. The smallest absolute Gasteiger partial charge is 0.263 e. The molecular formula is C18H15ClN2O4. The first-order valence-corrected chi connectivity index (χ1v) is 7.98. The first-order chi connectivity index (χ1) is 12.0. The Morgan fingerprint density at radius 3 is 2.60 bits per heavy atom. The van der Waals surface area contributed by atoms with Crippen molar-refractivity contribution in [1.82, 2.24) is 4.90 Å². The van der Waals surface area contributed by atoms with E-state index < -0.39 is 11.8 Å². The number of imide groups is 1. The molecule has 0 bridgehead atoms. The number of hydrogen-bond acceptors (Lipinski definition) is 4. The number of para-hydroxylation sites is 2. The van der Waals surface area contributed by atoms with Crippen LogP contribution >= 0.6 is 11.6 Å². The van der Waals surface area contributed by atoms with E-state index in [1.54, 1.807) is 42.5 Å². The molecule has 1 N–H and O–H groups in total. The van der Waals surface area contributed by atoms with Crippen LogP contribution in [0, 0.1) is 0 Å². The van der Waals surface area contributed by atoms with Gasteiger partial charge in [-0.1, -0.05) is 29.8 Å². The lowest BCUT2D eigenvalue weighted by atomic mass is 10.1. The maximum Gasteiger partial charge on any atom is 0.263 e. The van der Waals surface area contributed by atoms with E-state index in [9.17, 15) is 14.4 Å². The van der Waals surface area contributed by atoms with Crippen LogP contribution in [0.5, 0.6) is 5.75 Å². The normalized spacial score (nSPS) is 13.0. The Morgan fingerprint density at radius 1 is 1.12 bits per heavy atom. The topological polar surface area (TPSA) is 75.7 Å². The van der Waals surface area contributed by atoms with E-state index in [0.29, 0.717) is 11.4 Å². The minimum atomic E-state index is -0.476. The standard InChI is InChI=1S/C18H15ClN2O4/c1-25-14-8-3-2-7-13(14)20-15(22)9-10-21-17(23)11-5-4-6-12(19)16(11)18(21)24/h2-8H,9-10H2,1H3,(H,20,22). The second kappa shape index (κ2) is 6.94. The van der Waals surface area contributed by atoms with Gasteiger partial charge in [0.25, 0.3) is 11.8 Å². The number of carbonyl (C=O) groups is 3. The third-order valence-corrected chi connectivity index (χ3v) is 4.21. The number of hydrogen-bond donors (Lipinski definition) is 1. The molecule has 0 spiro atoms. The zero-order chi connectivity index (χ0) is 18.0. The lowest BCUT2D eigenvalue weighted by molar-refractivity contribution is -0.116. The first kappa shape index (κ1) is 17.0. The van der Waals surface area contributed by atoms with Gasteiger partial charge in [-0.3, -0.25) is 19.3 Å². The van der Waals surface area contributed by atoms with E-state index >= 15 is 0 Å². The maximum atomic E-state index is 12.4. The summed E-state index contributed by atoms with van der Waals surface area (Å²) in [7, 11) is 1.51. The number of rotatable bonds is 5. The van der Waals surface area contributed by atoms with Crippen molar-refractivity contribution in [2.45, 2.75) is 6.42 Å². The van der Waals surface area contributed by atoms with Gasteiger partial charge in [0.2, 0.25) is 5.91 Å². The van der Waals surface area contributed by atoms with E-state index in [0.717, 1.165) is 4.90 Å². The Balaban J connectivity index is 1.66. The van der Waals surface area contributed by atoms with Crippen LogP contribution in [0.4, 0.5) is 5.69 Å². The van der Waals surface area contributed by atoms with E-state index in [-0.39, 0.29) is 35.0 Å². The quantitative estimate of drug-likeness (QED) is 0.834. The zero-order valence-electron chi connectivity index (χ0n) is 13.4. The van der Waals surface area contributed by atoms with Gasteiger partial charge in [0.1, 0.15) is 5.75 Å². The zero-order valence-corrected chi connectivity index (χ0v) is 14.2. The number of methoxy groups -OCH3 is 1. The van der Waals surface area contributed by atoms with E-state index in [4.69, 9.17) is 16.3 Å². The Labute approximate surface area is 149 Å². The molecular weight excluding hydrogens is 344 g/mol. The molecule has 2 aromatic carbocycles. The van der Waals surface area contributed by atoms with Gasteiger partial charge in [0.05, 0.1) is 28.9 Å². The molecule has 0 aliphatic carbocycles. The minimum Gasteiger partial charge on any atom is -0.495 e. The van der Waals surface area contributed by atoms with Crippen LogP contribution in [0.15, 0.2) is 42.5 Å². The fourth-order valence-corrected chi connectivity index (χ4v) is 2.92. The third-order valence-electron chi connectivity index (χ3n) is 3.89. The van der Waals surface area contributed by atoms with Crippen molar-refractivity contribution >= 4 is 35.0 Å². The summed E-state index contributed by atoms with van der Waals surface area (Å²) in [5.41, 5.74) is 0.988. The summed E-state index contributed by atoms with van der Waals surface area (Å²) in [6.45, 7) is -0.0241. The maximum absolute atomic E-state index is 12.4. The summed E-state index contributed by atoms with van der Waals surface area (Å²) in [6.07, 6.45) is -0.0267. The summed E-state index contributed by atoms with van der Waals surface area (Å²) in [6, 6.07) is 11.7. The van der Waals surface area contributed by atoms with Crippen molar-refractivity contribution in [3.8, 4) is 5.75 Å². The SMILES string of the molecule is COc1ccccc1NC(=O)CCN1C(=O)c2cccc(Cl)c2C1=O. The number of halogens is 1. The van der Waals surface area contributed by atoms with Crippen LogP contribution in [0.3, 0.4) is 0 Å². The monoisotopic (exact) mass is 358 g/mol. The van der Waals surface area contributed by atoms with Crippen LogP contribution in [-0.4, -0.2) is 36.3 Å². The van der Waals surface area contributed by atoms with Gasteiger partial charge in [0, 0.05) is 13.0 Å². The fraction of sp³-hybridized carbons (Fsp3) is 0.167. The van der Waals surface area contributed by atoms with E-state index in [1.165, 1.54) is 7.11 Å². The second-order valence-electron chi connectivity index (χ2n) is 5.42. The highest BCUT2D eigenvalue weighted by Gasteiger charge is 2.37. The molecule has 2 aromatic rings. The number of carbonyl (C=O) groups excluding carboxylic acids is 3. The van der Waals surface area contributed by atoms with Crippen molar-refractivity contribution in [3.05, 3.63) is 58.6 Å². The fourth-order valence-electron chi connectivity index (χ4n) is 2.67. The number of amides is 3. The van der Waals surface area contributed by atoms with Gasteiger partial charge >= 0.3 is 0 Å². The Bertz CT molecular complexity index is 866. The van der Waals surface area contributed by atoms with Gasteiger partial charge in [-0.2, -0.15) is 0 Å². The summed E-state index contributed by atoms with van der Waals surface area (Å²) in [4.78, 5) is 37.9. The predicted molar refractivity (Wildman–Crippen MR) is 93.1 cm³/mol. The molecule has 0 radical (unpaired) electrons. The van der Waals surface area contributed by atoms with Gasteiger partial charge in [0.15, 0.2) is 0 Å². The number of nitrogens with one attached hydrogen (secondary N) is 1. The number of benzene rings is 2. The van der Waals surface area contributed by atoms with Crippen LogP contribution in [0.25, 0.3) is 0 Å². The molecule has 25 heavy (non-hydrogen) atoms. The average Bonchev–Trinajstić information content (AvgIpc) is 2.85. The van der Waals surface area contributed by atoms with Gasteiger partial charge in [-0.25, -0.2) is 0 Å². The van der Waals surface area contributed by atoms with Crippen LogP contribution < -0.4 is 10.1 Å². The lowest BCUT2D eigenvalue weighted by Gasteiger charge is -2.14. The molecule has 0 saturated heterocycles. The molecule has 1 heterocycles. The predicted octanol–water partition coefficient (Wildman–Crippen LogP) is 2.97. The molecule has 7 heteroatoms. The molecule has 0 aromatic heterocycles. The minimum absolute atomic E-state index is 0.0241. The third kappa shape index (κ3) is 3.21. The second-order valence-corrected chi connectivity index (χ2v) is 5.83. The molecule has 128 valence electrons. The van der Waals surface area contributed by atoms with Gasteiger partial charge < -0.3 is 10.1 Å². The van der Waals surface area contributed by atoms with Crippen molar-refractivity contribution in [2.75, 3.05) is 19.0 Å². The highest BCUT2D eigenvalue weighted by molar-refractivity contribution is 6.37. The highest BCUT2D eigenvalue weighted by Crippen LogP contribution is 2.29. The van der Waals surface area contributed by atoms with E-state index in [2.05, 4.69) is 5.32 Å².